The van der Waals surface area contributed by atoms with Crippen molar-refractivity contribution < 1.29 is 3.98 Å². The molecule has 0 spiro atoms. The van der Waals surface area contributed by atoms with E-state index in [1.165, 1.54) is 0 Å². The zero-order chi connectivity index (χ0) is 4.28. The van der Waals surface area contributed by atoms with Gasteiger partial charge in [0, 0.05) is 11.9 Å². The molecule has 3 heteroatoms. The van der Waals surface area contributed by atoms with E-state index >= 15 is 0 Å². The molecule has 5 heavy (non-hydrogen) atoms. The molecule has 0 amide bonds. The minimum atomic E-state index is -0.884. The minimum Gasteiger partial charge on any atom is -0.329 e. The normalized spacial score (nSPS) is 9.60. The Morgan fingerprint density at radius 1 is 1.60 bits per heavy atom. The van der Waals surface area contributed by atoms with Gasteiger partial charge in [-0.1, -0.05) is 0 Å². The largest absolute Gasteiger partial charge is 0.329 e. The molecule has 0 bridgehead atoms. The zero-order valence-electron chi connectivity index (χ0n) is 3.36. The number of hydrogen-bond acceptors (Lipinski definition) is 1. The van der Waals surface area contributed by atoms with E-state index in [1.54, 1.807) is 0 Å². The van der Waals surface area contributed by atoms with Crippen molar-refractivity contribution in [3.05, 3.63) is 0 Å². The molecule has 0 aromatic carbocycles. The molecule has 0 saturated carbocycles. The standard InChI is InChI=1S/C2H7ClOSi/c1-5(2)4-3/h5H,1-2H3. The summed E-state index contributed by atoms with van der Waals surface area (Å²) in [6.07, 6.45) is 0. The molecule has 0 N–H and O–H groups in total. The van der Waals surface area contributed by atoms with Gasteiger partial charge in [-0.2, -0.15) is 0 Å². The summed E-state index contributed by atoms with van der Waals surface area (Å²) < 4.78 is 4.36. The second kappa shape index (κ2) is 2.69. The van der Waals surface area contributed by atoms with Crippen LogP contribution >= 0.6 is 11.9 Å². The predicted octanol–water partition coefficient (Wildman–Crippen LogP) is 1.14. The molecule has 1 nitrogen and oxygen atoms in total. The maximum atomic E-state index is 4.90. The smallest absolute Gasteiger partial charge is 0.199 e. The predicted molar refractivity (Wildman–Crippen MR) is 25.8 cm³/mol. The summed E-state index contributed by atoms with van der Waals surface area (Å²) in [4.78, 5) is 0. The van der Waals surface area contributed by atoms with Crippen LogP contribution < -0.4 is 0 Å². The Balaban J connectivity index is 2.54. The molecule has 32 valence electrons. The molecular weight excluding hydrogens is 104 g/mol. The van der Waals surface area contributed by atoms with Crippen molar-refractivity contribution in [2.24, 2.45) is 0 Å². The van der Waals surface area contributed by atoms with Crippen LogP contribution in [0.4, 0.5) is 0 Å². The van der Waals surface area contributed by atoms with Crippen molar-refractivity contribution in [1.82, 2.24) is 0 Å². The minimum absolute atomic E-state index is 0.884. The van der Waals surface area contributed by atoms with Gasteiger partial charge < -0.3 is 3.98 Å². The lowest BCUT2D eigenvalue weighted by Crippen LogP contribution is -1.96. The molecule has 0 unspecified atom stereocenters. The van der Waals surface area contributed by atoms with E-state index in [1.807, 2.05) is 13.1 Å². The molecule has 0 aliphatic heterocycles. The Bertz CT molecular complexity index is 23.6. The van der Waals surface area contributed by atoms with Gasteiger partial charge in [-0.15, -0.1) is 0 Å². The fourth-order valence-corrected chi connectivity index (χ4v) is 0. The molecule has 0 saturated heterocycles. The Hall–Kier alpha value is 0.467. The monoisotopic (exact) mass is 110 g/mol. The van der Waals surface area contributed by atoms with Gasteiger partial charge in [0.1, 0.15) is 0 Å². The Kier molecular flexibility index (Phi) is 2.94. The molecular formula is C2H7ClOSi. The van der Waals surface area contributed by atoms with Crippen molar-refractivity contribution in [2.75, 3.05) is 0 Å². The summed E-state index contributed by atoms with van der Waals surface area (Å²) in [7, 11) is -0.884. The summed E-state index contributed by atoms with van der Waals surface area (Å²) in [6.45, 7) is 4.01. The van der Waals surface area contributed by atoms with Gasteiger partial charge in [-0.25, -0.2) is 0 Å². The highest BCUT2D eigenvalue weighted by Crippen LogP contribution is 1.83. The molecule has 0 aromatic rings. The molecule has 0 aliphatic carbocycles. The Morgan fingerprint density at radius 3 is 1.80 bits per heavy atom. The first-order valence-electron chi connectivity index (χ1n) is 1.54. The van der Waals surface area contributed by atoms with Crippen molar-refractivity contribution >= 4 is 20.9 Å². The van der Waals surface area contributed by atoms with Crippen molar-refractivity contribution in [3.63, 3.8) is 0 Å². The van der Waals surface area contributed by atoms with E-state index in [0.717, 1.165) is 0 Å². The van der Waals surface area contributed by atoms with Gasteiger partial charge in [0.15, 0.2) is 9.04 Å². The van der Waals surface area contributed by atoms with Gasteiger partial charge in [-0.05, 0) is 13.1 Å². The van der Waals surface area contributed by atoms with Crippen LogP contribution in [0.2, 0.25) is 13.1 Å². The first-order valence-corrected chi connectivity index (χ1v) is 4.63. The van der Waals surface area contributed by atoms with Crippen LogP contribution in [0.15, 0.2) is 0 Å². The SMILES string of the molecule is C[SiH](C)OCl. The second-order valence-electron chi connectivity index (χ2n) is 1.14. The summed E-state index contributed by atoms with van der Waals surface area (Å²) in [6, 6.07) is 0. The number of hydrogen-bond donors (Lipinski definition) is 0. The molecule has 0 fully saturated rings. The summed E-state index contributed by atoms with van der Waals surface area (Å²) in [5.74, 6) is 0. The highest BCUT2D eigenvalue weighted by Gasteiger charge is 1.86. The lowest BCUT2D eigenvalue weighted by molar-refractivity contribution is 0.651. The molecule has 0 atom stereocenters. The molecule has 0 aromatic heterocycles. The van der Waals surface area contributed by atoms with Crippen molar-refractivity contribution in [1.29, 1.82) is 0 Å². The maximum absolute atomic E-state index is 4.90. The van der Waals surface area contributed by atoms with E-state index in [-0.39, 0.29) is 0 Å². The zero-order valence-corrected chi connectivity index (χ0v) is 5.27. The second-order valence-corrected chi connectivity index (χ2v) is 3.95. The van der Waals surface area contributed by atoms with Gasteiger partial charge in [-0.3, -0.25) is 0 Å². The lowest BCUT2D eigenvalue weighted by Gasteiger charge is -1.87. The van der Waals surface area contributed by atoms with Crippen LogP contribution in [0, 0.1) is 0 Å². The van der Waals surface area contributed by atoms with E-state index in [4.69, 9.17) is 11.9 Å². The van der Waals surface area contributed by atoms with Crippen LogP contribution in [0.25, 0.3) is 0 Å². The molecule has 0 heterocycles. The van der Waals surface area contributed by atoms with E-state index in [2.05, 4.69) is 3.98 Å². The Labute approximate surface area is 38.8 Å². The average Bonchev–Trinajstić information content (AvgIpc) is 1.38. The third-order valence-electron chi connectivity index (χ3n) is 0.178. The van der Waals surface area contributed by atoms with Gasteiger partial charge in [0.2, 0.25) is 0 Å². The molecule has 0 radical (unpaired) electrons. The van der Waals surface area contributed by atoms with Crippen molar-refractivity contribution in [3.8, 4) is 0 Å². The van der Waals surface area contributed by atoms with Gasteiger partial charge in [0.05, 0.1) is 0 Å². The highest BCUT2D eigenvalue weighted by molar-refractivity contribution is 6.53. The molecule has 0 aliphatic rings. The summed E-state index contributed by atoms with van der Waals surface area (Å²) >= 11 is 4.90. The fraction of sp³-hybridized carbons (Fsp3) is 1.00. The number of halogens is 1. The third kappa shape index (κ3) is 4.47. The lowest BCUT2D eigenvalue weighted by atomic mass is 11.9. The van der Waals surface area contributed by atoms with E-state index < -0.39 is 9.04 Å². The van der Waals surface area contributed by atoms with Crippen LogP contribution in [0.3, 0.4) is 0 Å². The molecule has 0 rings (SSSR count). The first kappa shape index (κ1) is 5.47. The van der Waals surface area contributed by atoms with Gasteiger partial charge in [0.25, 0.3) is 0 Å². The first-order chi connectivity index (χ1) is 2.27. The van der Waals surface area contributed by atoms with Crippen molar-refractivity contribution in [2.45, 2.75) is 13.1 Å². The fourth-order valence-electron chi connectivity index (χ4n) is 0. The topological polar surface area (TPSA) is 9.23 Å². The Morgan fingerprint density at radius 2 is 1.80 bits per heavy atom. The summed E-state index contributed by atoms with van der Waals surface area (Å²) in [5.41, 5.74) is 0. The van der Waals surface area contributed by atoms with E-state index in [0.29, 0.717) is 0 Å². The third-order valence-corrected chi connectivity index (χ3v) is 1.60. The van der Waals surface area contributed by atoms with Gasteiger partial charge >= 0.3 is 0 Å². The van der Waals surface area contributed by atoms with Crippen LogP contribution in [0.5, 0.6) is 0 Å². The average molecular weight is 111 g/mol. The number of rotatable bonds is 1. The van der Waals surface area contributed by atoms with E-state index in [9.17, 15) is 0 Å². The van der Waals surface area contributed by atoms with Crippen LogP contribution in [-0.4, -0.2) is 9.04 Å². The van der Waals surface area contributed by atoms with Crippen LogP contribution in [0.1, 0.15) is 0 Å². The maximum Gasteiger partial charge on any atom is 0.199 e. The highest BCUT2D eigenvalue weighted by atomic mass is 35.5. The summed E-state index contributed by atoms with van der Waals surface area (Å²) in [5, 5.41) is 0. The van der Waals surface area contributed by atoms with Crippen LogP contribution in [-0.2, 0) is 3.98 Å². The quantitative estimate of drug-likeness (QED) is 0.460.